The molecule has 0 saturated carbocycles. The van der Waals surface area contributed by atoms with Crippen LogP contribution in [0.5, 0.6) is 0 Å². The van der Waals surface area contributed by atoms with Crippen molar-refractivity contribution < 1.29 is 27.5 Å². The van der Waals surface area contributed by atoms with Crippen molar-refractivity contribution in [2.45, 2.75) is 17.7 Å². The van der Waals surface area contributed by atoms with Gasteiger partial charge in [0.2, 0.25) is 21.8 Å². The summed E-state index contributed by atoms with van der Waals surface area (Å²) < 4.78 is 29.6. The van der Waals surface area contributed by atoms with E-state index in [0.717, 1.165) is 15.5 Å². The molecule has 28 heavy (non-hydrogen) atoms. The Hall–Kier alpha value is -2.11. The fourth-order valence-corrected chi connectivity index (χ4v) is 4.57. The number of sulfonamides is 1. The van der Waals surface area contributed by atoms with Crippen molar-refractivity contribution in [3.8, 4) is 0 Å². The van der Waals surface area contributed by atoms with E-state index in [4.69, 9.17) is 0 Å². The van der Waals surface area contributed by atoms with Crippen molar-refractivity contribution >= 4 is 46.1 Å². The van der Waals surface area contributed by atoms with E-state index in [9.17, 15) is 22.8 Å². The summed E-state index contributed by atoms with van der Waals surface area (Å²) in [4.78, 5) is 38.0. The smallest absolute Gasteiger partial charge is 0.339 e. The molecule has 11 heteroatoms. The average Bonchev–Trinajstić information content (AvgIpc) is 3.03. The van der Waals surface area contributed by atoms with Gasteiger partial charge in [0.15, 0.2) is 0 Å². The highest BCUT2D eigenvalue weighted by Crippen LogP contribution is 2.25. The number of likely N-dealkylation sites (N-methyl/N-ethyl adjacent to an activating group) is 1. The van der Waals surface area contributed by atoms with E-state index in [0.29, 0.717) is 0 Å². The molecular weight excluding hydrogens is 406 g/mol. The van der Waals surface area contributed by atoms with Gasteiger partial charge in [-0.05, 0) is 18.6 Å². The van der Waals surface area contributed by atoms with Gasteiger partial charge in [0.05, 0.1) is 31.2 Å². The average molecular weight is 430 g/mol. The summed E-state index contributed by atoms with van der Waals surface area (Å²) in [6.07, 6.45) is 1.31. The van der Waals surface area contributed by atoms with Crippen LogP contribution in [0.2, 0.25) is 0 Å². The number of amides is 2. The molecular formula is C17H23N3O6S2. The maximum atomic E-state index is 12.7. The Labute approximate surface area is 169 Å². The molecule has 154 valence electrons. The van der Waals surface area contributed by atoms with Gasteiger partial charge in [-0.3, -0.25) is 9.59 Å². The van der Waals surface area contributed by atoms with Crippen LogP contribution in [0.15, 0.2) is 24.3 Å². The Balaban J connectivity index is 2.07. The van der Waals surface area contributed by atoms with Gasteiger partial charge >= 0.3 is 5.97 Å². The number of ether oxygens (including phenoxy) is 1. The predicted octanol–water partition coefficient (Wildman–Crippen LogP) is 0.202. The van der Waals surface area contributed by atoms with Crippen molar-refractivity contribution in [1.82, 2.24) is 9.21 Å². The molecule has 0 aliphatic carbocycles. The lowest BCUT2D eigenvalue weighted by atomic mass is 10.1. The predicted molar refractivity (Wildman–Crippen MR) is 107 cm³/mol. The van der Waals surface area contributed by atoms with Crippen molar-refractivity contribution in [3.05, 3.63) is 29.8 Å². The van der Waals surface area contributed by atoms with E-state index in [1.807, 2.05) is 0 Å². The van der Waals surface area contributed by atoms with Gasteiger partial charge < -0.3 is 15.0 Å². The Kier molecular flexibility index (Phi) is 7.07. The summed E-state index contributed by atoms with van der Waals surface area (Å²) in [7, 11) is -0.923. The molecule has 1 aliphatic rings. The third-order valence-electron chi connectivity index (χ3n) is 4.31. The molecule has 1 fully saturated rings. The Morgan fingerprint density at radius 1 is 1.32 bits per heavy atom. The number of hydrogen-bond acceptors (Lipinski definition) is 7. The zero-order valence-corrected chi connectivity index (χ0v) is 17.5. The number of thiol groups is 1. The van der Waals surface area contributed by atoms with Gasteiger partial charge in [0.25, 0.3) is 0 Å². The lowest BCUT2D eigenvalue weighted by molar-refractivity contribution is -0.136. The summed E-state index contributed by atoms with van der Waals surface area (Å²) in [5.41, 5.74) is 0.443. The molecule has 2 rings (SSSR count). The summed E-state index contributed by atoms with van der Waals surface area (Å²) in [5, 5.41) is 2.32. The first-order valence-electron chi connectivity index (χ1n) is 8.41. The second-order valence-corrected chi connectivity index (χ2v) is 9.18. The van der Waals surface area contributed by atoms with Crippen molar-refractivity contribution in [3.63, 3.8) is 0 Å². The normalized spacial score (nSPS) is 19.9. The first-order valence-corrected chi connectivity index (χ1v) is 10.8. The second-order valence-electron chi connectivity index (χ2n) is 6.52. The SMILES string of the molecule is COC(=O)c1ccccc1NC(=O)CN(C)C(=O)C1CC(S)CN1S(C)(=O)=O. The maximum absolute atomic E-state index is 12.7. The Bertz CT molecular complexity index is 873. The van der Waals surface area contributed by atoms with Gasteiger partial charge in [-0.15, -0.1) is 0 Å². The molecule has 2 atom stereocenters. The largest absolute Gasteiger partial charge is 0.465 e. The van der Waals surface area contributed by atoms with Crippen molar-refractivity contribution in [1.29, 1.82) is 0 Å². The summed E-state index contributed by atoms with van der Waals surface area (Å²) in [6.45, 7) is -0.162. The topological polar surface area (TPSA) is 113 Å². The van der Waals surface area contributed by atoms with Crippen molar-refractivity contribution in [2.24, 2.45) is 0 Å². The molecule has 1 aliphatic heterocycles. The number of nitrogens with one attached hydrogen (secondary N) is 1. The van der Waals surface area contributed by atoms with Gasteiger partial charge in [-0.2, -0.15) is 16.9 Å². The fourth-order valence-electron chi connectivity index (χ4n) is 2.99. The number of methoxy groups -OCH3 is 1. The summed E-state index contributed by atoms with van der Waals surface area (Å²) in [5.74, 6) is -1.62. The van der Waals surface area contributed by atoms with E-state index in [1.165, 1.54) is 20.2 Å². The third-order valence-corrected chi connectivity index (χ3v) is 5.94. The van der Waals surface area contributed by atoms with Crippen LogP contribution >= 0.6 is 12.6 Å². The van der Waals surface area contributed by atoms with Crippen LogP contribution in [0, 0.1) is 0 Å². The number of carbonyl (C=O) groups is 3. The number of hydrogen-bond donors (Lipinski definition) is 2. The highest BCUT2D eigenvalue weighted by Gasteiger charge is 2.41. The standard InChI is InChI=1S/C17H23N3O6S2/c1-19(16(22)14-8-11(27)9-20(14)28(3,24)25)10-15(21)18-13-7-5-4-6-12(13)17(23)26-2/h4-7,11,14,27H,8-10H2,1-3H3,(H,18,21). The molecule has 9 nitrogen and oxygen atoms in total. The molecule has 0 radical (unpaired) electrons. The number of carbonyl (C=O) groups excluding carboxylic acids is 3. The zero-order chi connectivity index (χ0) is 21.1. The molecule has 1 aromatic carbocycles. The highest BCUT2D eigenvalue weighted by atomic mass is 32.2. The molecule has 2 unspecified atom stereocenters. The van der Waals surface area contributed by atoms with Gasteiger partial charge in [0.1, 0.15) is 6.04 Å². The van der Waals surface area contributed by atoms with Crippen LogP contribution in [-0.4, -0.2) is 80.2 Å². The Morgan fingerprint density at radius 2 is 1.96 bits per heavy atom. The monoisotopic (exact) mass is 429 g/mol. The molecule has 1 N–H and O–H groups in total. The number of rotatable bonds is 6. The molecule has 2 amide bonds. The minimum absolute atomic E-state index is 0.144. The number of benzene rings is 1. The molecule has 1 heterocycles. The molecule has 1 aromatic rings. The van der Waals surface area contributed by atoms with E-state index in [2.05, 4.69) is 22.7 Å². The molecule has 0 spiro atoms. The van der Waals surface area contributed by atoms with E-state index in [-0.39, 0.29) is 36.0 Å². The Morgan fingerprint density at radius 3 is 2.57 bits per heavy atom. The van der Waals surface area contributed by atoms with Gasteiger partial charge in [-0.1, -0.05) is 12.1 Å². The van der Waals surface area contributed by atoms with Gasteiger partial charge in [-0.25, -0.2) is 13.2 Å². The van der Waals surface area contributed by atoms with E-state index < -0.39 is 33.8 Å². The molecule has 0 aromatic heterocycles. The number of esters is 1. The third kappa shape index (κ3) is 5.24. The minimum Gasteiger partial charge on any atom is -0.465 e. The van der Waals surface area contributed by atoms with E-state index >= 15 is 0 Å². The lowest BCUT2D eigenvalue weighted by Gasteiger charge is -2.26. The number of para-hydroxylation sites is 1. The van der Waals surface area contributed by atoms with Crippen LogP contribution in [0.3, 0.4) is 0 Å². The molecule has 1 saturated heterocycles. The van der Waals surface area contributed by atoms with Crippen LogP contribution in [0.25, 0.3) is 0 Å². The number of anilines is 1. The first kappa shape index (κ1) is 22.2. The van der Waals surface area contributed by atoms with Crippen LogP contribution in [-0.2, 0) is 24.3 Å². The van der Waals surface area contributed by atoms with Crippen molar-refractivity contribution in [2.75, 3.05) is 38.8 Å². The highest BCUT2D eigenvalue weighted by molar-refractivity contribution is 7.88. The number of nitrogens with zero attached hydrogens (tertiary/aromatic N) is 2. The maximum Gasteiger partial charge on any atom is 0.339 e. The summed E-state index contributed by atoms with van der Waals surface area (Å²) in [6, 6.07) is 5.43. The van der Waals surface area contributed by atoms with Crippen LogP contribution < -0.4 is 5.32 Å². The molecule has 0 bridgehead atoms. The quantitative estimate of drug-likeness (QED) is 0.494. The first-order chi connectivity index (χ1) is 13.0. The fraction of sp³-hybridized carbons (Fsp3) is 0.471. The summed E-state index contributed by atoms with van der Waals surface area (Å²) >= 11 is 4.28. The van der Waals surface area contributed by atoms with Crippen LogP contribution in [0.1, 0.15) is 16.8 Å². The zero-order valence-electron chi connectivity index (χ0n) is 15.8. The second kappa shape index (κ2) is 8.93. The lowest BCUT2D eigenvalue weighted by Crippen LogP contribution is -2.48. The van der Waals surface area contributed by atoms with Gasteiger partial charge in [0, 0.05) is 18.8 Å². The minimum atomic E-state index is -3.57. The van der Waals surface area contributed by atoms with Crippen LogP contribution in [0.4, 0.5) is 5.69 Å². The van der Waals surface area contributed by atoms with E-state index in [1.54, 1.807) is 18.2 Å².